The molecule has 2 aromatic rings. The van der Waals surface area contributed by atoms with Crippen molar-refractivity contribution < 1.29 is 13.2 Å². The molecule has 0 spiro atoms. The molecule has 140 valence electrons. The SMILES string of the molecule is CC(C)N(C)S(=O)(=O)c1ccc(C(=O)N2CCCC2c2cccs2)cc1. The van der Waals surface area contributed by atoms with Crippen molar-refractivity contribution in [2.45, 2.75) is 43.7 Å². The van der Waals surface area contributed by atoms with Crippen LogP contribution in [0.1, 0.15) is 48.0 Å². The van der Waals surface area contributed by atoms with Gasteiger partial charge in [0.15, 0.2) is 0 Å². The van der Waals surface area contributed by atoms with E-state index in [0.717, 1.165) is 19.4 Å². The van der Waals surface area contributed by atoms with Gasteiger partial charge in [0.25, 0.3) is 5.91 Å². The Balaban J connectivity index is 1.81. The molecule has 1 fully saturated rings. The summed E-state index contributed by atoms with van der Waals surface area (Å²) in [5, 5.41) is 2.03. The Kier molecular flexibility index (Phi) is 5.50. The van der Waals surface area contributed by atoms with Gasteiger partial charge in [-0.15, -0.1) is 11.3 Å². The number of thiophene rings is 1. The summed E-state index contributed by atoms with van der Waals surface area (Å²) in [5.41, 5.74) is 0.527. The van der Waals surface area contributed by atoms with E-state index in [2.05, 4.69) is 6.07 Å². The molecule has 1 atom stereocenters. The molecule has 5 nitrogen and oxygen atoms in total. The van der Waals surface area contributed by atoms with E-state index in [1.54, 1.807) is 30.5 Å². The molecule has 1 aromatic heterocycles. The Labute approximate surface area is 159 Å². The van der Waals surface area contributed by atoms with Gasteiger partial charge in [-0.05, 0) is 62.4 Å². The lowest BCUT2D eigenvalue weighted by Crippen LogP contribution is -2.33. The van der Waals surface area contributed by atoms with Gasteiger partial charge in [0.05, 0.1) is 10.9 Å². The molecule has 0 N–H and O–H groups in total. The van der Waals surface area contributed by atoms with Crippen molar-refractivity contribution in [3.63, 3.8) is 0 Å². The lowest BCUT2D eigenvalue weighted by Gasteiger charge is -2.24. The minimum Gasteiger partial charge on any atom is -0.331 e. The van der Waals surface area contributed by atoms with E-state index < -0.39 is 10.0 Å². The van der Waals surface area contributed by atoms with Crippen molar-refractivity contribution in [1.82, 2.24) is 9.21 Å². The number of nitrogens with zero attached hydrogens (tertiary/aromatic N) is 2. The summed E-state index contributed by atoms with van der Waals surface area (Å²) >= 11 is 1.67. The maximum atomic E-state index is 12.9. The van der Waals surface area contributed by atoms with E-state index in [1.165, 1.54) is 21.3 Å². The third-order valence-corrected chi connectivity index (χ3v) is 7.91. The topological polar surface area (TPSA) is 57.7 Å². The second-order valence-electron chi connectivity index (χ2n) is 6.81. The van der Waals surface area contributed by atoms with E-state index in [9.17, 15) is 13.2 Å². The van der Waals surface area contributed by atoms with Crippen molar-refractivity contribution in [2.75, 3.05) is 13.6 Å². The Morgan fingerprint density at radius 3 is 2.50 bits per heavy atom. The molecule has 26 heavy (non-hydrogen) atoms. The zero-order chi connectivity index (χ0) is 18.9. The summed E-state index contributed by atoms with van der Waals surface area (Å²) in [4.78, 5) is 16.2. The Hall–Kier alpha value is -1.70. The first-order valence-corrected chi connectivity index (χ1v) is 11.1. The number of rotatable bonds is 5. The lowest BCUT2D eigenvalue weighted by molar-refractivity contribution is 0.0737. The van der Waals surface area contributed by atoms with Gasteiger partial charge >= 0.3 is 0 Å². The summed E-state index contributed by atoms with van der Waals surface area (Å²) in [6, 6.07) is 10.4. The minimum absolute atomic E-state index is 0.0398. The lowest BCUT2D eigenvalue weighted by atomic mass is 10.1. The fraction of sp³-hybridized carbons (Fsp3) is 0.421. The van der Waals surface area contributed by atoms with Gasteiger partial charge in [-0.25, -0.2) is 8.42 Å². The highest BCUT2D eigenvalue weighted by molar-refractivity contribution is 7.89. The molecule has 0 radical (unpaired) electrons. The zero-order valence-electron chi connectivity index (χ0n) is 15.3. The second kappa shape index (κ2) is 7.50. The number of benzene rings is 1. The number of carbonyl (C=O) groups excluding carboxylic acids is 1. The van der Waals surface area contributed by atoms with Crippen LogP contribution in [0.15, 0.2) is 46.7 Å². The van der Waals surface area contributed by atoms with E-state index in [4.69, 9.17) is 0 Å². The van der Waals surface area contributed by atoms with Gasteiger partial charge in [-0.3, -0.25) is 4.79 Å². The third kappa shape index (κ3) is 3.56. The van der Waals surface area contributed by atoms with Gasteiger partial charge in [0.2, 0.25) is 10.0 Å². The number of carbonyl (C=O) groups is 1. The van der Waals surface area contributed by atoms with Crippen LogP contribution in [0.25, 0.3) is 0 Å². The molecule has 1 amide bonds. The molecular weight excluding hydrogens is 368 g/mol. The molecule has 2 heterocycles. The smallest absolute Gasteiger partial charge is 0.254 e. The molecule has 1 saturated heterocycles. The van der Waals surface area contributed by atoms with Crippen LogP contribution in [0.5, 0.6) is 0 Å². The fourth-order valence-electron chi connectivity index (χ4n) is 3.17. The van der Waals surface area contributed by atoms with Crippen LogP contribution in [0.3, 0.4) is 0 Å². The molecule has 0 saturated carbocycles. The van der Waals surface area contributed by atoms with Crippen molar-refractivity contribution in [3.8, 4) is 0 Å². The van der Waals surface area contributed by atoms with Gasteiger partial charge in [-0.2, -0.15) is 4.31 Å². The summed E-state index contributed by atoms with van der Waals surface area (Å²) in [7, 11) is -1.97. The first kappa shape index (κ1) is 19.1. The van der Waals surface area contributed by atoms with Crippen LogP contribution < -0.4 is 0 Å². The Bertz CT molecular complexity index is 859. The van der Waals surface area contributed by atoms with Crippen LogP contribution in [0.4, 0.5) is 0 Å². The second-order valence-corrected chi connectivity index (χ2v) is 9.79. The maximum Gasteiger partial charge on any atom is 0.254 e. The molecule has 1 aliphatic rings. The summed E-state index contributed by atoms with van der Waals surface area (Å²) in [6.45, 7) is 4.39. The Morgan fingerprint density at radius 2 is 1.92 bits per heavy atom. The summed E-state index contributed by atoms with van der Waals surface area (Å²) in [5.74, 6) is -0.0398. The van der Waals surface area contributed by atoms with E-state index in [0.29, 0.717) is 5.56 Å². The average molecular weight is 393 g/mol. The van der Waals surface area contributed by atoms with Crippen LogP contribution in [0, 0.1) is 0 Å². The first-order chi connectivity index (χ1) is 12.3. The van der Waals surface area contributed by atoms with E-state index >= 15 is 0 Å². The minimum atomic E-state index is -3.54. The Morgan fingerprint density at radius 1 is 1.23 bits per heavy atom. The molecular formula is C19H24N2O3S2. The third-order valence-electron chi connectivity index (χ3n) is 4.89. The average Bonchev–Trinajstić information content (AvgIpc) is 3.31. The molecule has 0 bridgehead atoms. The number of hydrogen-bond donors (Lipinski definition) is 0. The molecule has 1 unspecified atom stereocenters. The van der Waals surface area contributed by atoms with Gasteiger partial charge in [-0.1, -0.05) is 6.07 Å². The van der Waals surface area contributed by atoms with Gasteiger partial charge in [0, 0.05) is 30.1 Å². The fourth-order valence-corrected chi connectivity index (χ4v) is 5.41. The van der Waals surface area contributed by atoms with Crippen LogP contribution in [0.2, 0.25) is 0 Å². The molecule has 3 rings (SSSR count). The summed E-state index contributed by atoms with van der Waals surface area (Å²) in [6.07, 6.45) is 1.96. The van der Waals surface area contributed by atoms with Crippen molar-refractivity contribution in [3.05, 3.63) is 52.2 Å². The molecule has 7 heteroatoms. The molecule has 1 aliphatic heterocycles. The number of hydrogen-bond acceptors (Lipinski definition) is 4. The van der Waals surface area contributed by atoms with Crippen LogP contribution >= 0.6 is 11.3 Å². The highest BCUT2D eigenvalue weighted by Crippen LogP contribution is 2.35. The highest BCUT2D eigenvalue weighted by Gasteiger charge is 2.31. The van der Waals surface area contributed by atoms with E-state index in [1.807, 2.05) is 30.2 Å². The van der Waals surface area contributed by atoms with Crippen molar-refractivity contribution >= 4 is 27.3 Å². The monoisotopic (exact) mass is 392 g/mol. The maximum absolute atomic E-state index is 12.9. The quantitative estimate of drug-likeness (QED) is 0.779. The first-order valence-electron chi connectivity index (χ1n) is 8.75. The van der Waals surface area contributed by atoms with E-state index in [-0.39, 0.29) is 22.9 Å². The summed E-state index contributed by atoms with van der Waals surface area (Å²) < 4.78 is 26.4. The normalized spacial score (nSPS) is 18.0. The zero-order valence-corrected chi connectivity index (χ0v) is 16.9. The highest BCUT2D eigenvalue weighted by atomic mass is 32.2. The van der Waals surface area contributed by atoms with Crippen molar-refractivity contribution in [1.29, 1.82) is 0 Å². The van der Waals surface area contributed by atoms with Gasteiger partial charge < -0.3 is 4.90 Å². The standard InChI is InChI=1S/C19H24N2O3S2/c1-14(2)20(3)26(23,24)16-10-8-15(9-11-16)19(22)21-12-4-6-17(21)18-7-5-13-25-18/h5,7-11,13-14,17H,4,6,12H2,1-3H3. The van der Waals surface area contributed by atoms with Crippen LogP contribution in [-0.2, 0) is 10.0 Å². The van der Waals surface area contributed by atoms with Crippen molar-refractivity contribution in [2.24, 2.45) is 0 Å². The predicted molar refractivity (Wildman–Crippen MR) is 104 cm³/mol. The molecule has 1 aromatic carbocycles. The number of likely N-dealkylation sites (tertiary alicyclic amines) is 1. The van der Waals surface area contributed by atoms with Gasteiger partial charge in [0.1, 0.15) is 0 Å². The predicted octanol–water partition coefficient (Wildman–Crippen LogP) is 3.75. The van der Waals surface area contributed by atoms with Crippen LogP contribution in [-0.4, -0.2) is 43.2 Å². The number of sulfonamides is 1. The molecule has 0 aliphatic carbocycles. The number of amides is 1. The largest absolute Gasteiger partial charge is 0.331 e.